The number of aromatic hydroxyl groups is 1. The van der Waals surface area contributed by atoms with E-state index >= 15 is 0 Å². The summed E-state index contributed by atoms with van der Waals surface area (Å²) in [4.78, 5) is 23.5. The van der Waals surface area contributed by atoms with Gasteiger partial charge >= 0.3 is 5.97 Å². The first-order valence-corrected chi connectivity index (χ1v) is 7.51. The summed E-state index contributed by atoms with van der Waals surface area (Å²) in [6.07, 6.45) is -0.389. The quantitative estimate of drug-likeness (QED) is 0.804. The average Bonchev–Trinajstić information content (AvgIpc) is 2.47. The van der Waals surface area contributed by atoms with Crippen LogP contribution < -0.4 is 10.2 Å². The van der Waals surface area contributed by atoms with Gasteiger partial charge in [0, 0.05) is 31.0 Å². The molecule has 0 fully saturated rings. The van der Waals surface area contributed by atoms with Crippen LogP contribution in [-0.4, -0.2) is 27.9 Å². The Bertz CT molecular complexity index is 879. The van der Waals surface area contributed by atoms with Crippen molar-refractivity contribution in [3.05, 3.63) is 33.7 Å². The van der Waals surface area contributed by atoms with E-state index in [1.807, 2.05) is 0 Å². The van der Waals surface area contributed by atoms with Crippen LogP contribution in [0.25, 0.3) is 11.0 Å². The molecule has 1 atom stereocenters. The SMILES string of the molecule is CC(=O)OC1Cc2c(cc3oc(CO)cc(=O)c3c2O)OC1(C)C. The maximum absolute atomic E-state index is 12.2. The normalized spacial score (nSPS) is 18.8. The summed E-state index contributed by atoms with van der Waals surface area (Å²) in [7, 11) is 0. The Labute approximate surface area is 137 Å². The monoisotopic (exact) mass is 334 g/mol. The minimum atomic E-state index is -0.812. The number of fused-ring (bicyclic) bond motifs is 2. The van der Waals surface area contributed by atoms with Crippen molar-refractivity contribution < 1.29 is 28.9 Å². The molecule has 0 amide bonds. The van der Waals surface area contributed by atoms with E-state index in [2.05, 4.69) is 0 Å². The van der Waals surface area contributed by atoms with Gasteiger partial charge in [0.05, 0.1) is 0 Å². The number of rotatable bonds is 2. The van der Waals surface area contributed by atoms with E-state index in [4.69, 9.17) is 19.0 Å². The number of hydrogen-bond donors (Lipinski definition) is 2. The molecule has 24 heavy (non-hydrogen) atoms. The van der Waals surface area contributed by atoms with Crippen LogP contribution in [0.3, 0.4) is 0 Å². The van der Waals surface area contributed by atoms with Crippen molar-refractivity contribution in [2.45, 2.75) is 45.5 Å². The van der Waals surface area contributed by atoms with Gasteiger partial charge in [0.15, 0.2) is 5.43 Å². The van der Waals surface area contributed by atoms with Gasteiger partial charge in [-0.15, -0.1) is 0 Å². The first-order valence-electron chi connectivity index (χ1n) is 7.51. The maximum atomic E-state index is 12.2. The summed E-state index contributed by atoms with van der Waals surface area (Å²) in [6.45, 7) is 4.41. The topological polar surface area (TPSA) is 106 Å². The zero-order valence-electron chi connectivity index (χ0n) is 13.6. The number of aliphatic hydroxyl groups is 1. The van der Waals surface area contributed by atoms with Crippen LogP contribution >= 0.6 is 0 Å². The highest BCUT2D eigenvalue weighted by atomic mass is 16.6. The van der Waals surface area contributed by atoms with Crippen molar-refractivity contribution in [3.63, 3.8) is 0 Å². The van der Waals surface area contributed by atoms with Crippen LogP contribution in [0.1, 0.15) is 32.1 Å². The van der Waals surface area contributed by atoms with Gasteiger partial charge in [-0.1, -0.05) is 0 Å². The molecule has 1 aromatic carbocycles. The summed E-state index contributed by atoms with van der Waals surface area (Å²) < 4.78 is 16.6. The zero-order chi connectivity index (χ0) is 17.6. The Hall–Kier alpha value is -2.54. The minimum absolute atomic E-state index is 0.0100. The van der Waals surface area contributed by atoms with Gasteiger partial charge in [0.2, 0.25) is 0 Å². The Balaban J connectivity index is 2.20. The van der Waals surface area contributed by atoms with E-state index in [1.165, 1.54) is 13.0 Å². The molecule has 0 bridgehead atoms. The molecule has 0 aliphatic carbocycles. The van der Waals surface area contributed by atoms with E-state index in [0.717, 1.165) is 6.07 Å². The van der Waals surface area contributed by atoms with Crippen molar-refractivity contribution in [2.75, 3.05) is 0 Å². The molecule has 7 heteroatoms. The molecular formula is C17H18O7. The molecule has 1 unspecified atom stereocenters. The highest BCUT2D eigenvalue weighted by Gasteiger charge is 2.41. The maximum Gasteiger partial charge on any atom is 0.303 e. The number of carbonyl (C=O) groups excluding carboxylic acids is 1. The van der Waals surface area contributed by atoms with Crippen LogP contribution in [0.2, 0.25) is 0 Å². The molecule has 1 aliphatic heterocycles. The Morgan fingerprint density at radius 3 is 2.75 bits per heavy atom. The van der Waals surface area contributed by atoms with Crippen LogP contribution in [0.15, 0.2) is 21.3 Å². The zero-order valence-corrected chi connectivity index (χ0v) is 13.6. The summed E-state index contributed by atoms with van der Waals surface area (Å²) >= 11 is 0. The van der Waals surface area contributed by atoms with Gasteiger partial charge in [-0.05, 0) is 13.8 Å². The molecule has 2 aromatic rings. The molecule has 0 spiro atoms. The number of ether oxygens (including phenoxy) is 2. The van der Waals surface area contributed by atoms with Crippen molar-refractivity contribution in [3.8, 4) is 11.5 Å². The van der Waals surface area contributed by atoms with Crippen molar-refractivity contribution in [1.29, 1.82) is 0 Å². The predicted octanol–water partition coefficient (Wildman–Crippen LogP) is 1.64. The standard InChI is InChI=1S/C17H18O7/c1-8(19)22-14-5-10-12(24-17(14,2)3)6-13-15(16(10)21)11(20)4-9(7-18)23-13/h4,6,14,18,21H,5,7H2,1-3H3. The fourth-order valence-corrected chi connectivity index (χ4v) is 2.90. The average molecular weight is 334 g/mol. The Kier molecular flexibility index (Phi) is 3.76. The number of hydrogen-bond acceptors (Lipinski definition) is 7. The second-order valence-electron chi connectivity index (χ2n) is 6.32. The number of esters is 1. The lowest BCUT2D eigenvalue weighted by molar-refractivity contribution is -0.158. The third-order valence-corrected chi connectivity index (χ3v) is 4.11. The van der Waals surface area contributed by atoms with Gasteiger partial charge < -0.3 is 24.1 Å². The molecule has 1 aliphatic rings. The first kappa shape index (κ1) is 16.3. The molecule has 0 saturated heterocycles. The smallest absolute Gasteiger partial charge is 0.303 e. The fourth-order valence-electron chi connectivity index (χ4n) is 2.90. The first-order chi connectivity index (χ1) is 11.2. The highest BCUT2D eigenvalue weighted by molar-refractivity contribution is 5.87. The van der Waals surface area contributed by atoms with E-state index in [9.17, 15) is 14.7 Å². The van der Waals surface area contributed by atoms with E-state index < -0.39 is 29.7 Å². The molecule has 7 nitrogen and oxygen atoms in total. The van der Waals surface area contributed by atoms with Gasteiger partial charge in [0.1, 0.15) is 46.5 Å². The number of benzene rings is 1. The van der Waals surface area contributed by atoms with Gasteiger partial charge in [0.25, 0.3) is 0 Å². The van der Waals surface area contributed by atoms with Gasteiger partial charge in [-0.25, -0.2) is 0 Å². The minimum Gasteiger partial charge on any atom is -0.507 e. The molecule has 0 radical (unpaired) electrons. The van der Waals surface area contributed by atoms with Gasteiger partial charge in [-0.2, -0.15) is 0 Å². The van der Waals surface area contributed by atoms with E-state index in [1.54, 1.807) is 13.8 Å². The van der Waals surface area contributed by atoms with Crippen LogP contribution in [-0.2, 0) is 22.6 Å². The molecule has 1 aromatic heterocycles. The van der Waals surface area contributed by atoms with Crippen molar-refractivity contribution in [2.24, 2.45) is 0 Å². The second-order valence-corrected chi connectivity index (χ2v) is 6.32. The number of phenols is 1. The second kappa shape index (κ2) is 5.52. The lowest BCUT2D eigenvalue weighted by atomic mass is 9.89. The largest absolute Gasteiger partial charge is 0.507 e. The highest BCUT2D eigenvalue weighted by Crippen LogP contribution is 2.42. The van der Waals surface area contributed by atoms with E-state index in [0.29, 0.717) is 11.3 Å². The molecule has 2 heterocycles. The number of carbonyl (C=O) groups is 1. The number of phenolic OH excluding ortho intramolecular Hbond substituents is 1. The summed E-state index contributed by atoms with van der Waals surface area (Å²) in [5.41, 5.74) is -0.760. The fraction of sp³-hybridized carbons (Fsp3) is 0.412. The van der Waals surface area contributed by atoms with Crippen LogP contribution in [0.5, 0.6) is 11.5 Å². The molecule has 0 saturated carbocycles. The lowest BCUT2D eigenvalue weighted by Gasteiger charge is -2.39. The molecular weight excluding hydrogens is 316 g/mol. The van der Waals surface area contributed by atoms with Crippen LogP contribution in [0, 0.1) is 0 Å². The van der Waals surface area contributed by atoms with Gasteiger partial charge in [-0.3, -0.25) is 9.59 Å². The molecule has 2 N–H and O–H groups in total. The Morgan fingerprint density at radius 1 is 1.42 bits per heavy atom. The van der Waals surface area contributed by atoms with Crippen molar-refractivity contribution >= 4 is 16.9 Å². The summed E-state index contributed by atoms with van der Waals surface area (Å²) in [6, 6.07) is 2.64. The number of aliphatic hydroxyl groups excluding tert-OH is 1. The molecule has 128 valence electrons. The third-order valence-electron chi connectivity index (χ3n) is 4.11. The van der Waals surface area contributed by atoms with E-state index in [-0.39, 0.29) is 28.9 Å². The van der Waals surface area contributed by atoms with Crippen LogP contribution in [0.4, 0.5) is 0 Å². The Morgan fingerprint density at radius 2 is 2.12 bits per heavy atom. The summed E-state index contributed by atoms with van der Waals surface area (Å²) in [5, 5.41) is 19.7. The third kappa shape index (κ3) is 2.60. The summed E-state index contributed by atoms with van der Waals surface area (Å²) in [5.74, 6) is -0.257. The van der Waals surface area contributed by atoms with Crippen molar-refractivity contribution in [1.82, 2.24) is 0 Å². The predicted molar refractivity (Wildman–Crippen MR) is 84.0 cm³/mol. The lowest BCUT2D eigenvalue weighted by Crippen LogP contribution is -2.48. The molecule has 3 rings (SSSR count).